The molecule has 0 aromatic heterocycles. The van der Waals surface area contributed by atoms with Crippen molar-refractivity contribution >= 4 is 23.8 Å². The summed E-state index contributed by atoms with van der Waals surface area (Å²) in [4.78, 5) is 55.8. The highest BCUT2D eigenvalue weighted by Crippen LogP contribution is 2.46. The van der Waals surface area contributed by atoms with E-state index in [4.69, 9.17) is 29.2 Å². The van der Waals surface area contributed by atoms with E-state index in [-0.39, 0.29) is 63.5 Å². The molecular formula is C43H62N4O11. The summed E-state index contributed by atoms with van der Waals surface area (Å²) in [6.45, 7) is 9.32. The van der Waals surface area contributed by atoms with E-state index < -0.39 is 35.6 Å². The van der Waals surface area contributed by atoms with Gasteiger partial charge < -0.3 is 44.5 Å². The third kappa shape index (κ3) is 11.6. The molecule has 58 heavy (non-hydrogen) atoms. The molecule has 0 spiro atoms. The van der Waals surface area contributed by atoms with Gasteiger partial charge in [0.2, 0.25) is 5.91 Å². The zero-order chi connectivity index (χ0) is 40.1. The molecule has 0 radical (unpaired) electrons. The van der Waals surface area contributed by atoms with Crippen LogP contribution >= 0.6 is 0 Å². The number of piperazine rings is 2. The highest BCUT2D eigenvalue weighted by molar-refractivity contribution is 5.87. The molecule has 6 fully saturated rings. The van der Waals surface area contributed by atoms with E-state index in [1.807, 2.05) is 65.6 Å². The SMILES string of the molecule is C.O=C(O)C1C2CCC(O2)C1C(=O)OCc1ccccc1.O=C(OCc1ccccc1)C1C2CCC(O2)C1C(=O)N1CCN(CCO)CC1.OCCN1CCNCC1. The van der Waals surface area contributed by atoms with Crippen LogP contribution in [0.2, 0.25) is 0 Å². The van der Waals surface area contributed by atoms with E-state index in [9.17, 15) is 24.3 Å². The number of hydrogen-bond acceptors (Lipinski definition) is 13. The molecule has 6 saturated heterocycles. The molecule has 15 heteroatoms. The average Bonchev–Trinajstić information content (AvgIpc) is 4.07. The van der Waals surface area contributed by atoms with Gasteiger partial charge in [0.15, 0.2) is 0 Å². The van der Waals surface area contributed by atoms with Crippen LogP contribution in [0.1, 0.15) is 44.2 Å². The number of esters is 2. The Morgan fingerprint density at radius 2 is 1.02 bits per heavy atom. The molecule has 0 aliphatic carbocycles. The number of benzene rings is 2. The molecule has 6 heterocycles. The molecule has 6 aliphatic heterocycles. The van der Waals surface area contributed by atoms with Crippen LogP contribution in [0.4, 0.5) is 0 Å². The van der Waals surface area contributed by atoms with Gasteiger partial charge in [0.25, 0.3) is 0 Å². The Morgan fingerprint density at radius 3 is 1.47 bits per heavy atom. The fourth-order valence-electron chi connectivity index (χ4n) is 8.85. The number of aliphatic hydroxyl groups excluding tert-OH is 2. The number of rotatable bonds is 12. The van der Waals surface area contributed by atoms with E-state index in [0.717, 1.165) is 76.2 Å². The Balaban J connectivity index is 0.000000186. The topological polar surface area (TPSA) is 188 Å². The van der Waals surface area contributed by atoms with Crippen LogP contribution < -0.4 is 5.32 Å². The molecule has 15 nitrogen and oxygen atoms in total. The van der Waals surface area contributed by atoms with Crippen molar-refractivity contribution in [2.75, 3.05) is 78.7 Å². The van der Waals surface area contributed by atoms with Crippen LogP contribution in [0, 0.1) is 23.7 Å². The summed E-state index contributed by atoms with van der Waals surface area (Å²) in [6.07, 6.45) is 2.05. The van der Waals surface area contributed by atoms with Crippen LogP contribution in [0.25, 0.3) is 0 Å². The maximum Gasteiger partial charge on any atom is 0.312 e. The van der Waals surface area contributed by atoms with E-state index in [1.165, 1.54) is 0 Å². The molecule has 320 valence electrons. The minimum absolute atomic E-state index is 0. The lowest BCUT2D eigenvalue weighted by atomic mass is 9.78. The lowest BCUT2D eigenvalue weighted by Crippen LogP contribution is -2.53. The summed E-state index contributed by atoms with van der Waals surface area (Å²) in [6, 6.07) is 18.9. The van der Waals surface area contributed by atoms with Crippen LogP contribution in [0.3, 0.4) is 0 Å². The van der Waals surface area contributed by atoms with Gasteiger partial charge in [0.1, 0.15) is 13.2 Å². The first-order chi connectivity index (χ1) is 27.8. The second-order valence-electron chi connectivity index (χ2n) is 15.4. The molecule has 1 amide bonds. The fraction of sp³-hybridized carbons (Fsp3) is 0.628. The second kappa shape index (κ2) is 22.4. The van der Waals surface area contributed by atoms with E-state index in [1.54, 1.807) is 0 Å². The number of amides is 1. The van der Waals surface area contributed by atoms with Crippen molar-refractivity contribution in [3.63, 3.8) is 0 Å². The number of carboxylic acids is 1. The van der Waals surface area contributed by atoms with Gasteiger partial charge in [0, 0.05) is 65.4 Å². The Labute approximate surface area is 341 Å². The molecule has 2 aromatic rings. The summed E-state index contributed by atoms with van der Waals surface area (Å²) in [5.41, 5.74) is 1.82. The number of nitrogens with one attached hydrogen (secondary N) is 1. The zero-order valence-electron chi connectivity index (χ0n) is 32.6. The maximum absolute atomic E-state index is 13.2. The fourth-order valence-corrected chi connectivity index (χ4v) is 8.85. The first-order valence-electron chi connectivity index (χ1n) is 20.4. The van der Waals surface area contributed by atoms with Crippen LogP contribution in [0.15, 0.2) is 60.7 Å². The van der Waals surface area contributed by atoms with Gasteiger partial charge >= 0.3 is 17.9 Å². The van der Waals surface area contributed by atoms with Gasteiger partial charge in [-0.1, -0.05) is 68.1 Å². The molecule has 8 atom stereocenters. The van der Waals surface area contributed by atoms with Gasteiger partial charge in [-0.05, 0) is 36.8 Å². The largest absolute Gasteiger partial charge is 0.481 e. The lowest BCUT2D eigenvalue weighted by Gasteiger charge is -2.37. The molecule has 8 rings (SSSR count). The number of carboxylic acid groups (broad SMARTS) is 1. The highest BCUT2D eigenvalue weighted by Gasteiger charge is 2.58. The van der Waals surface area contributed by atoms with Crippen molar-refractivity contribution in [1.29, 1.82) is 0 Å². The number of aliphatic carboxylic acids is 1. The molecular weight excluding hydrogens is 748 g/mol. The quantitative estimate of drug-likeness (QED) is 0.227. The molecule has 0 saturated carbocycles. The minimum Gasteiger partial charge on any atom is -0.481 e. The third-order valence-corrected chi connectivity index (χ3v) is 11.8. The normalized spacial score (nSPS) is 28.6. The number of hydrogen-bond donors (Lipinski definition) is 4. The van der Waals surface area contributed by atoms with Crippen LogP contribution in [-0.4, -0.2) is 157 Å². The van der Waals surface area contributed by atoms with Gasteiger partial charge in [0.05, 0.1) is 61.3 Å². The van der Waals surface area contributed by atoms with Gasteiger partial charge in [-0.15, -0.1) is 0 Å². The monoisotopic (exact) mass is 810 g/mol. The molecule has 2 aromatic carbocycles. The molecule has 6 aliphatic rings. The van der Waals surface area contributed by atoms with Crippen molar-refractivity contribution in [3.8, 4) is 0 Å². The predicted molar refractivity (Wildman–Crippen MR) is 213 cm³/mol. The first-order valence-corrected chi connectivity index (χ1v) is 20.4. The van der Waals surface area contributed by atoms with Gasteiger partial charge in [-0.25, -0.2) is 0 Å². The predicted octanol–water partition coefficient (Wildman–Crippen LogP) is 1.79. The van der Waals surface area contributed by atoms with Crippen LogP contribution in [0.5, 0.6) is 0 Å². The van der Waals surface area contributed by atoms with E-state index in [0.29, 0.717) is 32.7 Å². The lowest BCUT2D eigenvalue weighted by molar-refractivity contribution is -0.159. The Kier molecular flexibility index (Phi) is 17.4. The standard InChI is InChI=1S/C21H28N2O5.C15H16O5.C6H14N2O.CH4/c24-13-12-22-8-10-23(11-9-22)20(25)18-16-6-7-17(28-16)19(18)21(26)27-14-15-4-2-1-3-5-15;16-14(17)12-10-6-7-11(20-10)13(12)15(18)19-8-9-4-2-1-3-5-9;9-6-5-8-3-1-7-2-4-8;/h1-5,16-19,24H,6-14H2;1-5,10-13H,6-8H2,(H,16,17);7,9H,1-6H2;1H4. The first kappa shape index (κ1) is 45.1. The smallest absolute Gasteiger partial charge is 0.312 e. The van der Waals surface area contributed by atoms with E-state index in [2.05, 4.69) is 15.1 Å². The Hall–Kier alpha value is -3.96. The summed E-state index contributed by atoms with van der Waals surface area (Å²) < 4.78 is 22.3. The number of nitrogens with zero attached hydrogens (tertiary/aromatic N) is 3. The summed E-state index contributed by atoms with van der Waals surface area (Å²) in [5.74, 6) is -4.14. The Morgan fingerprint density at radius 1 is 0.603 bits per heavy atom. The number of carbonyl (C=O) groups excluding carboxylic acids is 3. The number of ether oxygens (including phenoxy) is 4. The maximum atomic E-state index is 13.2. The minimum atomic E-state index is -0.973. The highest BCUT2D eigenvalue weighted by atomic mass is 16.6. The Bertz CT molecular complexity index is 1590. The second-order valence-corrected chi connectivity index (χ2v) is 15.4. The van der Waals surface area contributed by atoms with Crippen LogP contribution in [-0.2, 0) is 51.3 Å². The summed E-state index contributed by atoms with van der Waals surface area (Å²) in [7, 11) is 0. The van der Waals surface area contributed by atoms with Crippen molar-refractivity contribution in [3.05, 3.63) is 71.8 Å². The van der Waals surface area contributed by atoms with Crippen molar-refractivity contribution in [2.24, 2.45) is 23.7 Å². The van der Waals surface area contributed by atoms with Crippen molar-refractivity contribution in [2.45, 2.75) is 70.7 Å². The summed E-state index contributed by atoms with van der Waals surface area (Å²) >= 11 is 0. The number of carbonyl (C=O) groups is 4. The molecule has 4 N–H and O–H groups in total. The van der Waals surface area contributed by atoms with E-state index >= 15 is 0 Å². The van der Waals surface area contributed by atoms with Crippen molar-refractivity contribution < 1.29 is 53.4 Å². The summed E-state index contributed by atoms with van der Waals surface area (Å²) in [5, 5.41) is 30.1. The van der Waals surface area contributed by atoms with Gasteiger partial charge in [-0.2, -0.15) is 0 Å². The van der Waals surface area contributed by atoms with Crippen molar-refractivity contribution in [1.82, 2.24) is 20.0 Å². The van der Waals surface area contributed by atoms with Gasteiger partial charge in [-0.3, -0.25) is 29.0 Å². The number of fused-ring (bicyclic) bond motifs is 4. The molecule has 4 bridgehead atoms. The zero-order valence-corrected chi connectivity index (χ0v) is 32.6. The third-order valence-electron chi connectivity index (χ3n) is 11.8. The molecule has 8 unspecified atom stereocenters. The number of β-amino-alcohol motifs (C(OH)–C–C–N with tert-alkyl or cyclic N) is 2. The average molecular weight is 811 g/mol. The number of aliphatic hydroxyl groups is 2.